The summed E-state index contributed by atoms with van der Waals surface area (Å²) < 4.78 is 40.9. The summed E-state index contributed by atoms with van der Waals surface area (Å²) in [5.41, 5.74) is -1.90. The Balaban J connectivity index is 1.57. The Morgan fingerprint density at radius 2 is 1.91 bits per heavy atom. The number of nitrogens with one attached hydrogen (secondary N) is 2. The molecule has 10 nitrogen and oxygen atoms in total. The van der Waals surface area contributed by atoms with Crippen LogP contribution in [0.1, 0.15) is 23.6 Å². The fourth-order valence-electron chi connectivity index (χ4n) is 3.59. The van der Waals surface area contributed by atoms with Gasteiger partial charge >= 0.3 is 12.2 Å². The van der Waals surface area contributed by atoms with Crippen LogP contribution in [-0.4, -0.2) is 44.1 Å². The van der Waals surface area contributed by atoms with Crippen molar-refractivity contribution in [1.82, 2.24) is 25.0 Å². The number of aromatic nitrogens is 3. The van der Waals surface area contributed by atoms with Crippen molar-refractivity contribution in [2.45, 2.75) is 18.6 Å². The Bertz CT molecular complexity index is 1350. The fourth-order valence-corrected chi connectivity index (χ4v) is 3.59. The molecule has 0 spiro atoms. The monoisotopic (exact) mass is 483 g/mol. The summed E-state index contributed by atoms with van der Waals surface area (Å²) in [5.74, 6) is -1.64. The summed E-state index contributed by atoms with van der Waals surface area (Å²) in [4.78, 5) is 42.7. The van der Waals surface area contributed by atoms with Crippen molar-refractivity contribution < 1.29 is 27.6 Å². The number of imide groups is 1. The Kier molecular flexibility index (Phi) is 5.73. The van der Waals surface area contributed by atoms with Crippen LogP contribution in [0.2, 0.25) is 0 Å². The minimum atomic E-state index is -4.67. The van der Waals surface area contributed by atoms with Gasteiger partial charge in [-0.1, -0.05) is 12.1 Å². The molecular weight excluding hydrogens is 467 g/mol. The van der Waals surface area contributed by atoms with Crippen LogP contribution in [0, 0.1) is 11.3 Å². The Morgan fingerprint density at radius 1 is 1.20 bits per heavy atom. The van der Waals surface area contributed by atoms with E-state index in [0.717, 1.165) is 22.9 Å². The summed E-state index contributed by atoms with van der Waals surface area (Å²) >= 11 is 0. The number of hydrogen-bond donors (Lipinski definition) is 2. The Morgan fingerprint density at radius 3 is 2.51 bits per heavy atom. The van der Waals surface area contributed by atoms with Gasteiger partial charge in [0.15, 0.2) is 0 Å². The molecule has 1 saturated heterocycles. The first-order valence-electron chi connectivity index (χ1n) is 10.0. The zero-order valence-electron chi connectivity index (χ0n) is 18.0. The van der Waals surface area contributed by atoms with E-state index in [9.17, 15) is 27.6 Å². The molecule has 0 aliphatic carbocycles. The van der Waals surface area contributed by atoms with Gasteiger partial charge in [-0.3, -0.25) is 14.5 Å². The fraction of sp³-hybridized carbons (Fsp3) is 0.182. The van der Waals surface area contributed by atoms with E-state index >= 15 is 0 Å². The van der Waals surface area contributed by atoms with Crippen molar-refractivity contribution in [3.8, 4) is 11.8 Å². The number of nitriles is 1. The lowest BCUT2D eigenvalue weighted by Gasteiger charge is -2.22. The van der Waals surface area contributed by atoms with Gasteiger partial charge in [-0.15, -0.1) is 0 Å². The highest BCUT2D eigenvalue weighted by Crippen LogP contribution is 2.33. The summed E-state index contributed by atoms with van der Waals surface area (Å²) in [7, 11) is 0. The van der Waals surface area contributed by atoms with Crippen LogP contribution in [0.25, 0.3) is 5.69 Å². The van der Waals surface area contributed by atoms with Crippen LogP contribution in [0.3, 0.4) is 0 Å². The van der Waals surface area contributed by atoms with Gasteiger partial charge in [-0.2, -0.15) is 23.5 Å². The van der Waals surface area contributed by atoms with E-state index in [4.69, 9.17) is 5.26 Å². The summed E-state index contributed by atoms with van der Waals surface area (Å²) in [5, 5.41) is 17.7. The standard InChI is InChI=1S/C22H16F3N7O3/c1-21(14-4-2-13(9-26)3-5-14)19(34)31(20(35)30-21)10-18(33)29-16-8-15(22(23,24)25)6-7-17(16)32-12-27-11-28-32/h2-8,11-12H,10H2,1H3,(H,29,33)(H,30,35). The predicted molar refractivity (Wildman–Crippen MR) is 114 cm³/mol. The number of rotatable bonds is 5. The number of hydrogen-bond acceptors (Lipinski definition) is 6. The lowest BCUT2D eigenvalue weighted by molar-refractivity contribution is -0.137. The maximum Gasteiger partial charge on any atom is 0.416 e. The maximum absolute atomic E-state index is 13.2. The smallest absolute Gasteiger partial charge is 0.323 e. The molecule has 35 heavy (non-hydrogen) atoms. The zero-order valence-corrected chi connectivity index (χ0v) is 18.0. The molecule has 1 aliphatic heterocycles. The molecule has 1 fully saturated rings. The molecular formula is C22H16F3N7O3. The van der Waals surface area contributed by atoms with Gasteiger partial charge < -0.3 is 10.6 Å². The zero-order chi connectivity index (χ0) is 25.4. The SMILES string of the molecule is CC1(c2ccc(C#N)cc2)NC(=O)N(CC(=O)Nc2cc(C(F)(F)F)ccc2-n2cncn2)C1=O. The normalized spacial score (nSPS) is 17.7. The summed E-state index contributed by atoms with van der Waals surface area (Å²) in [6.45, 7) is 0.700. The lowest BCUT2D eigenvalue weighted by atomic mass is 9.91. The molecule has 2 N–H and O–H groups in total. The molecule has 1 atom stereocenters. The summed E-state index contributed by atoms with van der Waals surface area (Å²) in [6.07, 6.45) is -2.27. The second-order valence-corrected chi connectivity index (χ2v) is 7.75. The van der Waals surface area contributed by atoms with Crippen molar-refractivity contribution >= 4 is 23.5 Å². The molecule has 1 aliphatic rings. The van der Waals surface area contributed by atoms with Crippen molar-refractivity contribution in [1.29, 1.82) is 5.26 Å². The van der Waals surface area contributed by atoms with Gasteiger partial charge in [0, 0.05) is 0 Å². The number of nitrogens with zero attached hydrogens (tertiary/aromatic N) is 5. The third-order valence-corrected chi connectivity index (χ3v) is 5.43. The van der Waals surface area contributed by atoms with Gasteiger partial charge in [0.1, 0.15) is 24.7 Å². The molecule has 178 valence electrons. The molecule has 2 heterocycles. The number of halogens is 3. The molecule has 0 radical (unpaired) electrons. The van der Waals surface area contributed by atoms with E-state index in [1.54, 1.807) is 0 Å². The van der Waals surface area contributed by atoms with Crippen LogP contribution in [-0.2, 0) is 21.3 Å². The van der Waals surface area contributed by atoms with E-state index in [-0.39, 0.29) is 11.4 Å². The second-order valence-electron chi connectivity index (χ2n) is 7.75. The first kappa shape index (κ1) is 23.4. The van der Waals surface area contributed by atoms with Crippen LogP contribution in [0.4, 0.5) is 23.7 Å². The highest BCUT2D eigenvalue weighted by Gasteiger charge is 2.49. The van der Waals surface area contributed by atoms with E-state index in [1.165, 1.54) is 43.8 Å². The van der Waals surface area contributed by atoms with Crippen LogP contribution in [0.15, 0.2) is 55.1 Å². The molecule has 4 rings (SSSR count). The number of urea groups is 1. The number of anilines is 1. The third-order valence-electron chi connectivity index (χ3n) is 5.43. The molecule has 1 aromatic heterocycles. The number of carbonyl (C=O) groups is 3. The predicted octanol–water partition coefficient (Wildman–Crippen LogP) is 2.56. The third kappa shape index (κ3) is 4.41. The number of carbonyl (C=O) groups excluding carboxylic acids is 3. The van der Waals surface area contributed by atoms with Crippen LogP contribution in [0.5, 0.6) is 0 Å². The molecule has 4 amide bonds. The molecule has 13 heteroatoms. The molecule has 1 unspecified atom stereocenters. The minimum Gasteiger partial charge on any atom is -0.323 e. The molecule has 3 aromatic rings. The largest absolute Gasteiger partial charge is 0.416 e. The van der Waals surface area contributed by atoms with Crippen molar-refractivity contribution in [3.05, 3.63) is 71.8 Å². The highest BCUT2D eigenvalue weighted by molar-refractivity contribution is 6.10. The van der Waals surface area contributed by atoms with Crippen LogP contribution >= 0.6 is 0 Å². The van der Waals surface area contributed by atoms with Crippen LogP contribution < -0.4 is 10.6 Å². The van der Waals surface area contributed by atoms with Crippen molar-refractivity contribution in [3.63, 3.8) is 0 Å². The van der Waals surface area contributed by atoms with Crippen molar-refractivity contribution in [2.75, 3.05) is 11.9 Å². The number of amides is 4. The minimum absolute atomic E-state index is 0.100. The average Bonchev–Trinajstić information content (AvgIpc) is 3.42. The van der Waals surface area contributed by atoms with E-state index in [0.29, 0.717) is 16.0 Å². The average molecular weight is 483 g/mol. The van der Waals surface area contributed by atoms with Gasteiger partial charge in [-0.25, -0.2) is 14.5 Å². The quantitative estimate of drug-likeness (QED) is 0.536. The lowest BCUT2D eigenvalue weighted by Crippen LogP contribution is -2.42. The topological polar surface area (TPSA) is 133 Å². The molecule has 2 aromatic carbocycles. The highest BCUT2D eigenvalue weighted by atomic mass is 19.4. The number of benzene rings is 2. The summed E-state index contributed by atoms with van der Waals surface area (Å²) in [6, 6.07) is 9.74. The second kappa shape index (κ2) is 8.56. The van der Waals surface area contributed by atoms with Gasteiger partial charge in [0.2, 0.25) is 5.91 Å². The molecule has 0 saturated carbocycles. The van der Waals surface area contributed by atoms with Gasteiger partial charge in [-0.05, 0) is 42.8 Å². The van der Waals surface area contributed by atoms with Gasteiger partial charge in [0.05, 0.1) is 28.6 Å². The van der Waals surface area contributed by atoms with E-state index < -0.39 is 41.7 Å². The van der Waals surface area contributed by atoms with E-state index in [2.05, 4.69) is 20.7 Å². The molecule has 0 bridgehead atoms. The first-order chi connectivity index (χ1) is 16.5. The van der Waals surface area contributed by atoms with Gasteiger partial charge in [0.25, 0.3) is 5.91 Å². The van der Waals surface area contributed by atoms with E-state index in [1.807, 2.05) is 6.07 Å². The first-order valence-corrected chi connectivity index (χ1v) is 10.0. The number of alkyl halides is 3. The Hall–Kier alpha value is -4.73. The Labute approximate surface area is 196 Å². The maximum atomic E-state index is 13.2. The van der Waals surface area contributed by atoms with Crippen molar-refractivity contribution in [2.24, 2.45) is 0 Å².